The Morgan fingerprint density at radius 3 is 2.82 bits per heavy atom. The number of amides is 1. The van der Waals surface area contributed by atoms with E-state index in [9.17, 15) is 14.3 Å². The minimum absolute atomic E-state index is 0.117. The predicted molar refractivity (Wildman–Crippen MR) is 81.3 cm³/mol. The van der Waals surface area contributed by atoms with Crippen molar-refractivity contribution in [2.75, 3.05) is 6.54 Å². The fraction of sp³-hybridized carbons (Fsp3) is 0.333. The van der Waals surface area contributed by atoms with Crippen molar-refractivity contribution in [3.63, 3.8) is 0 Å². The van der Waals surface area contributed by atoms with Gasteiger partial charge in [-0.2, -0.15) is 5.10 Å². The molecule has 2 rings (SSSR count). The van der Waals surface area contributed by atoms with Gasteiger partial charge in [0.2, 0.25) is 0 Å². The third-order valence-electron chi connectivity index (χ3n) is 3.33. The van der Waals surface area contributed by atoms with Gasteiger partial charge in [0.15, 0.2) is 0 Å². The van der Waals surface area contributed by atoms with Crippen molar-refractivity contribution >= 4 is 17.5 Å². The fourth-order valence-corrected chi connectivity index (χ4v) is 2.39. The Kier molecular flexibility index (Phi) is 5.15. The summed E-state index contributed by atoms with van der Waals surface area (Å²) in [6.07, 6.45) is -0.579. The van der Waals surface area contributed by atoms with Gasteiger partial charge < -0.3 is 10.4 Å². The topological polar surface area (TPSA) is 67.2 Å². The zero-order chi connectivity index (χ0) is 16.3. The Labute approximate surface area is 132 Å². The summed E-state index contributed by atoms with van der Waals surface area (Å²) in [4.78, 5) is 12.2. The van der Waals surface area contributed by atoms with Crippen LogP contribution in [0.5, 0.6) is 0 Å². The van der Waals surface area contributed by atoms with Crippen LogP contribution in [-0.4, -0.2) is 27.3 Å². The lowest BCUT2D eigenvalue weighted by Crippen LogP contribution is -2.29. The molecule has 0 aliphatic rings. The summed E-state index contributed by atoms with van der Waals surface area (Å²) >= 11 is 6.06. The number of aromatic nitrogens is 2. The van der Waals surface area contributed by atoms with E-state index in [1.54, 1.807) is 13.1 Å². The molecule has 2 aromatic rings. The number of hydrogen-bond donors (Lipinski definition) is 2. The van der Waals surface area contributed by atoms with E-state index in [1.807, 2.05) is 6.92 Å². The van der Waals surface area contributed by atoms with Crippen molar-refractivity contribution in [2.24, 2.45) is 7.05 Å². The molecule has 1 aromatic heterocycles. The van der Waals surface area contributed by atoms with Gasteiger partial charge in [-0.15, -0.1) is 0 Å². The lowest BCUT2D eigenvalue weighted by Gasteiger charge is -2.13. The molecule has 118 valence electrons. The Hall–Kier alpha value is -1.92. The third kappa shape index (κ3) is 3.28. The molecular formula is C15H17ClFN3O2. The molecule has 1 heterocycles. The first-order valence-electron chi connectivity index (χ1n) is 6.87. The first-order valence-corrected chi connectivity index (χ1v) is 7.25. The monoisotopic (exact) mass is 325 g/mol. The summed E-state index contributed by atoms with van der Waals surface area (Å²) in [7, 11) is 1.65. The van der Waals surface area contributed by atoms with Crippen LogP contribution in [0.25, 0.3) is 0 Å². The molecule has 1 atom stereocenters. The van der Waals surface area contributed by atoms with E-state index in [-0.39, 0.29) is 22.8 Å². The Morgan fingerprint density at radius 2 is 2.18 bits per heavy atom. The quantitative estimate of drug-likeness (QED) is 0.886. The lowest BCUT2D eigenvalue weighted by molar-refractivity contribution is 0.0913. The minimum Gasteiger partial charge on any atom is -0.386 e. The van der Waals surface area contributed by atoms with Crippen LogP contribution in [0.3, 0.4) is 0 Å². The number of rotatable bonds is 5. The van der Waals surface area contributed by atoms with Crippen molar-refractivity contribution in [3.8, 4) is 0 Å². The number of carbonyl (C=O) groups excluding carboxylic acids is 1. The number of aliphatic hydroxyl groups excluding tert-OH is 1. The highest BCUT2D eigenvalue weighted by Gasteiger charge is 2.21. The zero-order valence-corrected chi connectivity index (χ0v) is 13.1. The molecule has 1 amide bonds. The number of benzene rings is 1. The van der Waals surface area contributed by atoms with Crippen LogP contribution >= 0.6 is 11.6 Å². The molecule has 7 heteroatoms. The van der Waals surface area contributed by atoms with Crippen LogP contribution in [0, 0.1) is 5.82 Å². The SMILES string of the molecule is CCc1nn(C)c(Cl)c1C(=O)NCC(O)c1ccccc1F. The average molecular weight is 326 g/mol. The van der Waals surface area contributed by atoms with E-state index in [2.05, 4.69) is 10.4 Å². The maximum absolute atomic E-state index is 13.6. The Balaban J connectivity index is 2.09. The predicted octanol–water partition coefficient (Wildman–Crippen LogP) is 2.24. The van der Waals surface area contributed by atoms with Gasteiger partial charge in [0, 0.05) is 19.2 Å². The van der Waals surface area contributed by atoms with Gasteiger partial charge in [0.05, 0.1) is 17.4 Å². The number of nitrogens with one attached hydrogen (secondary N) is 1. The number of halogens is 2. The van der Waals surface area contributed by atoms with Crippen LogP contribution in [0.4, 0.5) is 4.39 Å². The van der Waals surface area contributed by atoms with Gasteiger partial charge in [0.25, 0.3) is 5.91 Å². The number of aryl methyl sites for hydroxylation is 2. The van der Waals surface area contributed by atoms with Crippen molar-refractivity contribution < 1.29 is 14.3 Å². The Bertz CT molecular complexity index is 687. The van der Waals surface area contributed by atoms with E-state index >= 15 is 0 Å². The minimum atomic E-state index is -1.13. The first kappa shape index (κ1) is 16.5. The highest BCUT2D eigenvalue weighted by atomic mass is 35.5. The highest BCUT2D eigenvalue weighted by Crippen LogP contribution is 2.20. The first-order chi connectivity index (χ1) is 10.5. The summed E-state index contributed by atoms with van der Waals surface area (Å²) < 4.78 is 15.0. The van der Waals surface area contributed by atoms with Crippen molar-refractivity contribution in [2.45, 2.75) is 19.4 Å². The maximum atomic E-state index is 13.6. The second kappa shape index (κ2) is 6.89. The molecule has 0 aliphatic carbocycles. The standard InChI is InChI=1S/C15H17ClFN3O2/c1-3-11-13(14(16)20(2)19-11)15(22)18-8-12(21)9-6-4-5-7-10(9)17/h4-7,12,21H,3,8H2,1-2H3,(H,18,22). The van der Waals surface area contributed by atoms with Gasteiger partial charge in [-0.25, -0.2) is 4.39 Å². The summed E-state index contributed by atoms with van der Waals surface area (Å²) in [5, 5.41) is 16.9. The molecule has 22 heavy (non-hydrogen) atoms. The van der Waals surface area contributed by atoms with E-state index < -0.39 is 17.8 Å². The number of aliphatic hydroxyl groups is 1. The van der Waals surface area contributed by atoms with Crippen molar-refractivity contribution in [3.05, 3.63) is 52.1 Å². The van der Waals surface area contributed by atoms with Crippen LogP contribution < -0.4 is 5.32 Å². The van der Waals surface area contributed by atoms with E-state index in [1.165, 1.54) is 22.9 Å². The average Bonchev–Trinajstić information content (AvgIpc) is 2.80. The molecule has 0 spiro atoms. The van der Waals surface area contributed by atoms with E-state index in [4.69, 9.17) is 11.6 Å². The normalized spacial score (nSPS) is 12.2. The third-order valence-corrected chi connectivity index (χ3v) is 3.77. The van der Waals surface area contributed by atoms with Gasteiger partial charge >= 0.3 is 0 Å². The van der Waals surface area contributed by atoms with Crippen LogP contribution in [0.2, 0.25) is 5.15 Å². The molecular weight excluding hydrogens is 309 g/mol. The largest absolute Gasteiger partial charge is 0.386 e. The molecule has 0 saturated carbocycles. The van der Waals surface area contributed by atoms with E-state index in [0.717, 1.165) is 0 Å². The zero-order valence-electron chi connectivity index (χ0n) is 12.3. The van der Waals surface area contributed by atoms with Gasteiger partial charge in [-0.1, -0.05) is 36.7 Å². The maximum Gasteiger partial charge on any atom is 0.256 e. The summed E-state index contributed by atoms with van der Waals surface area (Å²) in [5.74, 6) is -0.955. The highest BCUT2D eigenvalue weighted by molar-refractivity contribution is 6.33. The summed E-state index contributed by atoms with van der Waals surface area (Å²) in [5.41, 5.74) is 0.994. The fourth-order valence-electron chi connectivity index (χ4n) is 2.16. The molecule has 0 radical (unpaired) electrons. The van der Waals surface area contributed by atoms with Gasteiger partial charge in [0.1, 0.15) is 11.0 Å². The van der Waals surface area contributed by atoms with Crippen molar-refractivity contribution in [1.82, 2.24) is 15.1 Å². The smallest absolute Gasteiger partial charge is 0.256 e. The number of nitrogens with zero attached hydrogens (tertiary/aromatic N) is 2. The molecule has 0 aliphatic heterocycles. The molecule has 0 bridgehead atoms. The van der Waals surface area contributed by atoms with Gasteiger partial charge in [-0.05, 0) is 12.5 Å². The second-order valence-electron chi connectivity index (χ2n) is 4.84. The molecule has 0 saturated heterocycles. The molecule has 1 unspecified atom stereocenters. The molecule has 2 N–H and O–H groups in total. The van der Waals surface area contributed by atoms with Crippen LogP contribution in [0.15, 0.2) is 24.3 Å². The molecule has 1 aromatic carbocycles. The summed E-state index contributed by atoms with van der Waals surface area (Å²) in [6.45, 7) is 1.75. The Morgan fingerprint density at radius 1 is 1.50 bits per heavy atom. The lowest BCUT2D eigenvalue weighted by atomic mass is 10.1. The summed E-state index contributed by atoms with van der Waals surface area (Å²) in [6, 6.07) is 5.89. The van der Waals surface area contributed by atoms with Crippen LogP contribution in [-0.2, 0) is 13.5 Å². The van der Waals surface area contributed by atoms with Gasteiger partial charge in [-0.3, -0.25) is 9.48 Å². The second-order valence-corrected chi connectivity index (χ2v) is 5.20. The molecule has 0 fully saturated rings. The van der Waals surface area contributed by atoms with Crippen LogP contribution in [0.1, 0.15) is 34.6 Å². The number of hydrogen-bond acceptors (Lipinski definition) is 3. The van der Waals surface area contributed by atoms with Crippen molar-refractivity contribution in [1.29, 1.82) is 0 Å². The van der Waals surface area contributed by atoms with E-state index in [0.29, 0.717) is 12.1 Å². The molecule has 5 nitrogen and oxygen atoms in total. The number of carbonyl (C=O) groups is 1.